The number of likely N-dealkylation sites (N-methyl/N-ethyl adjacent to an activating group) is 1. The molecule has 0 saturated carbocycles. The third kappa shape index (κ3) is 3.46. The second-order valence-electron chi connectivity index (χ2n) is 6.37. The minimum absolute atomic E-state index is 0.142. The van der Waals surface area contributed by atoms with E-state index in [2.05, 4.69) is 49.0 Å². The molecule has 2 rings (SSSR count). The Morgan fingerprint density at radius 2 is 2.10 bits per heavy atom. The van der Waals surface area contributed by atoms with E-state index < -0.39 is 0 Å². The van der Waals surface area contributed by atoms with Crippen molar-refractivity contribution in [3.8, 4) is 0 Å². The van der Waals surface area contributed by atoms with E-state index >= 15 is 0 Å². The van der Waals surface area contributed by atoms with Crippen molar-refractivity contribution in [3.63, 3.8) is 0 Å². The first-order valence-electron chi connectivity index (χ1n) is 7.34. The van der Waals surface area contributed by atoms with Gasteiger partial charge < -0.3 is 15.5 Å². The molecule has 112 valence electrons. The normalized spacial score (nSPS) is 24.4. The molecular formula is C16H26ClN3. The molecule has 1 aliphatic rings. The molecule has 3 atom stereocenters. The van der Waals surface area contributed by atoms with Crippen molar-refractivity contribution in [1.82, 2.24) is 4.90 Å². The van der Waals surface area contributed by atoms with Gasteiger partial charge >= 0.3 is 0 Å². The lowest BCUT2D eigenvalue weighted by Crippen LogP contribution is -2.34. The molecule has 1 aromatic carbocycles. The summed E-state index contributed by atoms with van der Waals surface area (Å²) in [4.78, 5) is 4.74. The lowest BCUT2D eigenvalue weighted by molar-refractivity contribution is 0.266. The van der Waals surface area contributed by atoms with E-state index in [0.717, 1.165) is 30.1 Å². The van der Waals surface area contributed by atoms with Crippen molar-refractivity contribution in [1.29, 1.82) is 0 Å². The second kappa shape index (κ2) is 6.33. The molecule has 0 bridgehead atoms. The summed E-state index contributed by atoms with van der Waals surface area (Å²) in [5, 5.41) is 0.834. The van der Waals surface area contributed by atoms with E-state index in [9.17, 15) is 0 Å². The highest BCUT2D eigenvalue weighted by Crippen LogP contribution is 2.29. The highest BCUT2D eigenvalue weighted by molar-refractivity contribution is 6.31. The molecule has 0 spiro atoms. The molecule has 1 saturated heterocycles. The Bertz CT molecular complexity index is 459. The number of hydrogen-bond donors (Lipinski definition) is 1. The van der Waals surface area contributed by atoms with E-state index in [1.807, 2.05) is 6.92 Å². The summed E-state index contributed by atoms with van der Waals surface area (Å²) in [6.45, 7) is 6.48. The van der Waals surface area contributed by atoms with Crippen LogP contribution in [0, 0.1) is 5.92 Å². The summed E-state index contributed by atoms with van der Waals surface area (Å²) in [5.41, 5.74) is 8.21. The molecule has 3 unspecified atom stereocenters. The number of halogens is 1. The largest absolute Gasteiger partial charge is 0.370 e. The van der Waals surface area contributed by atoms with Crippen molar-refractivity contribution in [2.45, 2.75) is 32.4 Å². The molecule has 1 fully saturated rings. The quantitative estimate of drug-likeness (QED) is 0.927. The zero-order valence-electron chi connectivity index (χ0n) is 12.9. The summed E-state index contributed by atoms with van der Waals surface area (Å²) in [6, 6.07) is 7.13. The number of nitrogens with two attached hydrogens (primary N) is 1. The van der Waals surface area contributed by atoms with Crippen LogP contribution in [0.25, 0.3) is 0 Å². The average molecular weight is 296 g/mol. The van der Waals surface area contributed by atoms with Gasteiger partial charge in [-0.25, -0.2) is 0 Å². The molecule has 1 heterocycles. The van der Waals surface area contributed by atoms with Gasteiger partial charge in [-0.1, -0.05) is 24.6 Å². The molecule has 1 aliphatic heterocycles. The molecule has 3 nitrogen and oxygen atoms in total. The molecule has 4 heteroatoms. The Balaban J connectivity index is 2.13. The molecule has 0 aromatic heterocycles. The van der Waals surface area contributed by atoms with Crippen LogP contribution < -0.4 is 10.6 Å². The maximum Gasteiger partial charge on any atom is 0.0459 e. The summed E-state index contributed by atoms with van der Waals surface area (Å²) in [6.07, 6.45) is 0.829. The van der Waals surface area contributed by atoms with Crippen LogP contribution in [0.5, 0.6) is 0 Å². The van der Waals surface area contributed by atoms with Gasteiger partial charge in [0.15, 0.2) is 0 Å². The Kier molecular flexibility index (Phi) is 4.95. The lowest BCUT2D eigenvalue weighted by atomic mass is 10.1. The lowest BCUT2D eigenvalue weighted by Gasteiger charge is -2.23. The van der Waals surface area contributed by atoms with Crippen LogP contribution in [0.1, 0.15) is 19.4 Å². The maximum absolute atomic E-state index is 6.39. The minimum Gasteiger partial charge on any atom is -0.370 e. The van der Waals surface area contributed by atoms with E-state index in [4.69, 9.17) is 17.3 Å². The monoisotopic (exact) mass is 295 g/mol. The van der Waals surface area contributed by atoms with E-state index in [1.165, 1.54) is 5.69 Å². The van der Waals surface area contributed by atoms with Crippen LogP contribution in [0.3, 0.4) is 0 Å². The van der Waals surface area contributed by atoms with Crippen molar-refractivity contribution in [3.05, 3.63) is 28.8 Å². The molecule has 0 radical (unpaired) electrons. The Morgan fingerprint density at radius 1 is 1.40 bits per heavy atom. The van der Waals surface area contributed by atoms with Gasteiger partial charge in [0.25, 0.3) is 0 Å². The Labute approximate surface area is 127 Å². The number of nitrogens with zero attached hydrogens (tertiary/aromatic N) is 2. The van der Waals surface area contributed by atoms with Gasteiger partial charge in [0, 0.05) is 35.9 Å². The molecule has 1 aromatic rings. The minimum atomic E-state index is 0.142. The highest BCUT2D eigenvalue weighted by Gasteiger charge is 2.31. The Morgan fingerprint density at radius 3 is 2.60 bits per heavy atom. The van der Waals surface area contributed by atoms with Crippen LogP contribution in [0.15, 0.2) is 18.2 Å². The number of rotatable bonds is 4. The molecule has 2 N–H and O–H groups in total. The van der Waals surface area contributed by atoms with Crippen LogP contribution >= 0.6 is 11.6 Å². The van der Waals surface area contributed by atoms with Crippen LogP contribution in [0.2, 0.25) is 5.02 Å². The maximum atomic E-state index is 6.39. The van der Waals surface area contributed by atoms with Crippen molar-refractivity contribution < 1.29 is 0 Å². The van der Waals surface area contributed by atoms with Gasteiger partial charge in [0.2, 0.25) is 0 Å². The first-order chi connectivity index (χ1) is 9.38. The first-order valence-corrected chi connectivity index (χ1v) is 7.71. The van der Waals surface area contributed by atoms with Gasteiger partial charge in [-0.3, -0.25) is 0 Å². The fourth-order valence-electron chi connectivity index (χ4n) is 3.08. The van der Waals surface area contributed by atoms with Gasteiger partial charge in [0.05, 0.1) is 0 Å². The SMILES string of the molecule is CC(N)Cc1ccc(N2CC(C)C(N(C)C)C2)cc1Cl. The predicted octanol–water partition coefficient (Wildman–Crippen LogP) is 2.62. The summed E-state index contributed by atoms with van der Waals surface area (Å²) < 4.78 is 0. The average Bonchev–Trinajstić information content (AvgIpc) is 2.73. The molecule has 0 aliphatic carbocycles. The number of hydrogen-bond acceptors (Lipinski definition) is 3. The van der Waals surface area contributed by atoms with Crippen LogP contribution in [-0.4, -0.2) is 44.2 Å². The Hall–Kier alpha value is -0.770. The van der Waals surface area contributed by atoms with Gasteiger partial charge in [-0.15, -0.1) is 0 Å². The summed E-state index contributed by atoms with van der Waals surface area (Å²) in [5.74, 6) is 0.674. The highest BCUT2D eigenvalue weighted by atomic mass is 35.5. The zero-order valence-corrected chi connectivity index (χ0v) is 13.7. The fourth-order valence-corrected chi connectivity index (χ4v) is 3.33. The summed E-state index contributed by atoms with van der Waals surface area (Å²) >= 11 is 6.39. The smallest absolute Gasteiger partial charge is 0.0459 e. The van der Waals surface area contributed by atoms with Crippen molar-refractivity contribution >= 4 is 17.3 Å². The number of anilines is 1. The van der Waals surface area contributed by atoms with Crippen molar-refractivity contribution in [2.75, 3.05) is 32.1 Å². The predicted molar refractivity (Wildman–Crippen MR) is 87.7 cm³/mol. The fraction of sp³-hybridized carbons (Fsp3) is 0.625. The molecular weight excluding hydrogens is 270 g/mol. The van der Waals surface area contributed by atoms with Gasteiger partial charge in [-0.05, 0) is 51.1 Å². The van der Waals surface area contributed by atoms with E-state index in [0.29, 0.717) is 12.0 Å². The van der Waals surface area contributed by atoms with Gasteiger partial charge in [0.1, 0.15) is 0 Å². The molecule has 0 amide bonds. The third-order valence-electron chi connectivity index (χ3n) is 4.18. The number of benzene rings is 1. The zero-order chi connectivity index (χ0) is 14.9. The molecule has 20 heavy (non-hydrogen) atoms. The second-order valence-corrected chi connectivity index (χ2v) is 6.78. The standard InChI is InChI=1S/C16H26ClN3/c1-11-9-20(10-16(11)19(3)4)14-6-5-13(7-12(2)18)15(17)8-14/h5-6,8,11-12,16H,7,9-10,18H2,1-4H3. The van der Waals surface area contributed by atoms with Crippen LogP contribution in [0.4, 0.5) is 5.69 Å². The van der Waals surface area contributed by atoms with E-state index in [-0.39, 0.29) is 6.04 Å². The van der Waals surface area contributed by atoms with Gasteiger partial charge in [-0.2, -0.15) is 0 Å². The topological polar surface area (TPSA) is 32.5 Å². The van der Waals surface area contributed by atoms with E-state index in [1.54, 1.807) is 0 Å². The van der Waals surface area contributed by atoms with Crippen molar-refractivity contribution in [2.24, 2.45) is 11.7 Å². The summed E-state index contributed by atoms with van der Waals surface area (Å²) in [7, 11) is 4.31. The first kappa shape index (κ1) is 15.6. The third-order valence-corrected chi connectivity index (χ3v) is 4.53. The van der Waals surface area contributed by atoms with Crippen LogP contribution in [-0.2, 0) is 6.42 Å².